The molecule has 0 saturated heterocycles. The van der Waals surface area contributed by atoms with Crippen molar-refractivity contribution in [3.63, 3.8) is 0 Å². The van der Waals surface area contributed by atoms with E-state index in [-0.39, 0.29) is 11.7 Å². The Bertz CT molecular complexity index is 867. The molecule has 0 aliphatic carbocycles. The number of amides is 1. The van der Waals surface area contributed by atoms with Gasteiger partial charge in [0.15, 0.2) is 0 Å². The molecule has 140 valence electrons. The van der Waals surface area contributed by atoms with Gasteiger partial charge in [0.1, 0.15) is 5.75 Å². The Hall–Kier alpha value is -2.25. The number of hydrogen-bond acceptors (Lipinski definition) is 4. The van der Waals surface area contributed by atoms with Crippen molar-refractivity contribution in [1.29, 1.82) is 0 Å². The van der Waals surface area contributed by atoms with E-state index in [1.54, 1.807) is 37.3 Å². The normalized spacial score (nSPS) is 11.0. The Morgan fingerprint density at radius 3 is 2.46 bits per heavy atom. The zero-order valence-electron chi connectivity index (χ0n) is 14.6. The summed E-state index contributed by atoms with van der Waals surface area (Å²) in [5.41, 5.74) is 1.88. The summed E-state index contributed by atoms with van der Waals surface area (Å²) >= 11 is 5.84. The fourth-order valence-electron chi connectivity index (χ4n) is 2.23. The minimum atomic E-state index is -3.41. The first-order valence-corrected chi connectivity index (χ1v) is 10.1. The van der Waals surface area contributed by atoms with Crippen molar-refractivity contribution in [2.75, 3.05) is 22.9 Å². The van der Waals surface area contributed by atoms with Crippen molar-refractivity contribution >= 4 is 38.9 Å². The molecular formula is C18H21ClN2O4S. The number of nitrogens with one attached hydrogen (secondary N) is 2. The van der Waals surface area contributed by atoms with Gasteiger partial charge in [0.25, 0.3) is 0 Å². The van der Waals surface area contributed by atoms with E-state index in [0.29, 0.717) is 35.0 Å². The van der Waals surface area contributed by atoms with Crippen molar-refractivity contribution in [3.8, 4) is 5.75 Å². The van der Waals surface area contributed by atoms with Crippen LogP contribution in [0.3, 0.4) is 0 Å². The highest BCUT2D eigenvalue weighted by Crippen LogP contribution is 2.29. The van der Waals surface area contributed by atoms with Gasteiger partial charge in [0.2, 0.25) is 15.9 Å². The summed E-state index contributed by atoms with van der Waals surface area (Å²) in [6.07, 6.45) is 0.905. The van der Waals surface area contributed by atoms with Crippen molar-refractivity contribution in [2.24, 2.45) is 0 Å². The number of halogens is 1. The second-order valence-corrected chi connectivity index (χ2v) is 8.04. The average Bonchev–Trinajstić information content (AvgIpc) is 2.62. The van der Waals surface area contributed by atoms with Crippen LogP contribution < -0.4 is 14.8 Å². The summed E-state index contributed by atoms with van der Waals surface area (Å²) in [6, 6.07) is 12.1. The second kappa shape index (κ2) is 8.91. The molecule has 0 radical (unpaired) electrons. The zero-order valence-corrected chi connectivity index (χ0v) is 16.2. The van der Waals surface area contributed by atoms with Crippen LogP contribution >= 0.6 is 11.6 Å². The molecule has 8 heteroatoms. The lowest BCUT2D eigenvalue weighted by Gasteiger charge is -2.13. The quantitative estimate of drug-likeness (QED) is 0.712. The van der Waals surface area contributed by atoms with Crippen LogP contribution in [0.4, 0.5) is 11.4 Å². The molecule has 0 unspecified atom stereocenters. The standard InChI is InChI=1S/C18H21ClN2O4S/c1-3-26(23,24)21-16-10-9-15(12-17(16)25-2)20-18(22)11-6-13-4-7-14(19)8-5-13/h4-5,7-10,12,21H,3,6,11H2,1-2H3,(H,20,22). The van der Waals surface area contributed by atoms with Gasteiger partial charge in [0.05, 0.1) is 18.6 Å². The molecule has 2 aromatic rings. The number of aryl methyl sites for hydroxylation is 1. The Balaban J connectivity index is 2.00. The van der Waals surface area contributed by atoms with E-state index >= 15 is 0 Å². The predicted molar refractivity (Wildman–Crippen MR) is 104 cm³/mol. The van der Waals surface area contributed by atoms with Crippen LogP contribution in [0, 0.1) is 0 Å². The number of ether oxygens (including phenoxy) is 1. The Morgan fingerprint density at radius 2 is 1.85 bits per heavy atom. The molecule has 1 amide bonds. The minimum absolute atomic E-state index is 0.0423. The summed E-state index contributed by atoms with van der Waals surface area (Å²) in [5, 5.41) is 3.44. The average molecular weight is 397 g/mol. The lowest BCUT2D eigenvalue weighted by molar-refractivity contribution is -0.116. The summed E-state index contributed by atoms with van der Waals surface area (Å²) in [4.78, 5) is 12.1. The number of hydrogen-bond donors (Lipinski definition) is 2. The number of methoxy groups -OCH3 is 1. The van der Waals surface area contributed by atoms with Gasteiger partial charge in [-0.15, -0.1) is 0 Å². The van der Waals surface area contributed by atoms with E-state index in [9.17, 15) is 13.2 Å². The maximum absolute atomic E-state index is 12.1. The molecule has 0 fully saturated rings. The number of carbonyl (C=O) groups is 1. The summed E-state index contributed by atoms with van der Waals surface area (Å²) < 4.78 is 31.0. The number of sulfonamides is 1. The SMILES string of the molecule is CCS(=O)(=O)Nc1ccc(NC(=O)CCc2ccc(Cl)cc2)cc1OC. The van der Waals surface area contributed by atoms with Gasteiger partial charge in [-0.2, -0.15) is 0 Å². The van der Waals surface area contributed by atoms with E-state index in [2.05, 4.69) is 10.0 Å². The Kier molecular flexibility index (Phi) is 6.88. The minimum Gasteiger partial charge on any atom is -0.494 e. The first-order valence-electron chi connectivity index (χ1n) is 8.06. The van der Waals surface area contributed by atoms with E-state index in [1.807, 2.05) is 12.1 Å². The summed E-state index contributed by atoms with van der Waals surface area (Å²) in [7, 11) is -1.97. The zero-order chi connectivity index (χ0) is 19.2. The third-order valence-electron chi connectivity index (χ3n) is 3.68. The molecule has 0 aromatic heterocycles. The van der Waals surface area contributed by atoms with Crippen molar-refractivity contribution in [1.82, 2.24) is 0 Å². The van der Waals surface area contributed by atoms with Crippen LogP contribution in [0.5, 0.6) is 5.75 Å². The number of carbonyl (C=O) groups excluding carboxylic acids is 1. The van der Waals surface area contributed by atoms with E-state index in [0.717, 1.165) is 5.56 Å². The van der Waals surface area contributed by atoms with Gasteiger partial charge in [-0.25, -0.2) is 8.42 Å². The number of anilines is 2. The highest BCUT2D eigenvalue weighted by molar-refractivity contribution is 7.92. The molecule has 0 saturated carbocycles. The van der Waals surface area contributed by atoms with Crippen LogP contribution in [-0.4, -0.2) is 27.2 Å². The number of benzene rings is 2. The highest BCUT2D eigenvalue weighted by atomic mass is 35.5. The second-order valence-electron chi connectivity index (χ2n) is 5.60. The molecule has 0 atom stereocenters. The molecule has 0 bridgehead atoms. The van der Waals surface area contributed by atoms with Gasteiger partial charge in [-0.3, -0.25) is 9.52 Å². The smallest absolute Gasteiger partial charge is 0.232 e. The monoisotopic (exact) mass is 396 g/mol. The fraction of sp³-hybridized carbons (Fsp3) is 0.278. The lowest BCUT2D eigenvalue weighted by Crippen LogP contribution is -2.16. The van der Waals surface area contributed by atoms with Crippen LogP contribution in [0.15, 0.2) is 42.5 Å². The Morgan fingerprint density at radius 1 is 1.15 bits per heavy atom. The number of rotatable bonds is 8. The van der Waals surface area contributed by atoms with Gasteiger partial charge in [0, 0.05) is 23.2 Å². The van der Waals surface area contributed by atoms with Crippen LogP contribution in [-0.2, 0) is 21.2 Å². The third kappa shape index (κ3) is 5.93. The van der Waals surface area contributed by atoms with E-state index in [1.165, 1.54) is 7.11 Å². The van der Waals surface area contributed by atoms with Crippen molar-refractivity contribution in [3.05, 3.63) is 53.1 Å². The first kappa shape index (κ1) is 20.1. The first-order chi connectivity index (χ1) is 12.3. The summed E-state index contributed by atoms with van der Waals surface area (Å²) in [6.45, 7) is 1.55. The Labute approximate surface area is 158 Å². The molecule has 0 heterocycles. The van der Waals surface area contributed by atoms with Gasteiger partial charge in [-0.1, -0.05) is 23.7 Å². The fourth-order valence-corrected chi connectivity index (χ4v) is 3.00. The topological polar surface area (TPSA) is 84.5 Å². The maximum atomic E-state index is 12.1. The summed E-state index contributed by atoms with van der Waals surface area (Å²) in [5.74, 6) is 0.140. The van der Waals surface area contributed by atoms with Gasteiger partial charge < -0.3 is 10.1 Å². The van der Waals surface area contributed by atoms with E-state index in [4.69, 9.17) is 16.3 Å². The van der Waals surface area contributed by atoms with E-state index < -0.39 is 10.0 Å². The molecule has 0 spiro atoms. The van der Waals surface area contributed by atoms with Crippen molar-refractivity contribution < 1.29 is 17.9 Å². The van der Waals surface area contributed by atoms with Crippen LogP contribution in [0.2, 0.25) is 5.02 Å². The molecule has 2 N–H and O–H groups in total. The molecule has 0 aliphatic rings. The molecule has 26 heavy (non-hydrogen) atoms. The van der Waals surface area contributed by atoms with Crippen molar-refractivity contribution in [2.45, 2.75) is 19.8 Å². The molecule has 2 rings (SSSR count). The van der Waals surface area contributed by atoms with Gasteiger partial charge in [-0.05, 0) is 43.2 Å². The molecular weight excluding hydrogens is 376 g/mol. The largest absolute Gasteiger partial charge is 0.494 e. The molecule has 6 nitrogen and oxygen atoms in total. The van der Waals surface area contributed by atoms with Gasteiger partial charge >= 0.3 is 0 Å². The van der Waals surface area contributed by atoms with Crippen LogP contribution in [0.1, 0.15) is 18.9 Å². The highest BCUT2D eigenvalue weighted by Gasteiger charge is 2.12. The third-order valence-corrected chi connectivity index (χ3v) is 5.23. The predicted octanol–water partition coefficient (Wildman–Crippen LogP) is 3.68. The lowest BCUT2D eigenvalue weighted by atomic mass is 10.1. The van der Waals surface area contributed by atoms with Crippen LogP contribution in [0.25, 0.3) is 0 Å². The maximum Gasteiger partial charge on any atom is 0.232 e. The molecule has 0 aliphatic heterocycles. The molecule has 2 aromatic carbocycles.